The molecule has 5 N–H and O–H groups in total. The third-order valence-corrected chi connectivity index (χ3v) is 11.0. The van der Waals surface area contributed by atoms with Crippen LogP contribution in [0.25, 0.3) is 0 Å². The van der Waals surface area contributed by atoms with Crippen molar-refractivity contribution in [2.75, 3.05) is 19.0 Å². The SMILES string of the molecule is CNc1ccccc1C(=O)OC1[C@@H](C)C2(O)[C@@H]3C=C(C)C(=O)C3(O)C(O)C3(CO)OC3[C@H]2[C@H]2C(C)(C)C12OC(C)=O. The summed E-state index contributed by atoms with van der Waals surface area (Å²) in [4.78, 5) is 39.7. The molecule has 0 radical (unpaired) electrons. The highest BCUT2D eigenvalue weighted by Crippen LogP contribution is 2.79. The van der Waals surface area contributed by atoms with Gasteiger partial charge < -0.3 is 40.0 Å². The Balaban J connectivity index is 1.55. The smallest absolute Gasteiger partial charge is 0.340 e. The molecule has 5 aliphatic rings. The molecule has 0 amide bonds. The van der Waals surface area contributed by atoms with Gasteiger partial charge in [-0.3, -0.25) is 9.59 Å². The molecule has 11 nitrogen and oxygen atoms in total. The number of esters is 2. The summed E-state index contributed by atoms with van der Waals surface area (Å²) >= 11 is 0. The van der Waals surface area contributed by atoms with Gasteiger partial charge in [0, 0.05) is 48.7 Å². The molecule has 4 aliphatic carbocycles. The van der Waals surface area contributed by atoms with E-state index in [0.717, 1.165) is 0 Å². The second-order valence-electron chi connectivity index (χ2n) is 12.9. The second kappa shape index (κ2) is 8.38. The molecule has 7 unspecified atom stereocenters. The number of ketones is 1. The van der Waals surface area contributed by atoms with Crippen molar-refractivity contribution in [3.63, 3.8) is 0 Å². The van der Waals surface area contributed by atoms with Crippen LogP contribution in [0.4, 0.5) is 5.69 Å². The van der Waals surface area contributed by atoms with E-state index in [-0.39, 0.29) is 11.1 Å². The first-order valence-electron chi connectivity index (χ1n) is 13.9. The quantitative estimate of drug-likeness (QED) is 0.247. The summed E-state index contributed by atoms with van der Waals surface area (Å²) < 4.78 is 18.2. The predicted molar refractivity (Wildman–Crippen MR) is 142 cm³/mol. The van der Waals surface area contributed by atoms with E-state index in [9.17, 15) is 34.8 Å². The highest BCUT2D eigenvalue weighted by atomic mass is 16.6. The van der Waals surface area contributed by atoms with E-state index in [0.29, 0.717) is 5.69 Å². The van der Waals surface area contributed by atoms with Crippen LogP contribution in [-0.4, -0.2) is 92.5 Å². The van der Waals surface area contributed by atoms with Gasteiger partial charge in [-0.15, -0.1) is 0 Å². The Morgan fingerprint density at radius 3 is 2.44 bits per heavy atom. The van der Waals surface area contributed by atoms with Crippen molar-refractivity contribution in [3.05, 3.63) is 41.5 Å². The number of aliphatic hydroxyl groups excluding tert-OH is 2. The molecule has 6 rings (SSSR count). The number of Topliss-reactive ketones (excluding diaryl/α,β-unsaturated/α-hetero) is 1. The number of fused-ring (bicyclic) bond motifs is 7. The minimum atomic E-state index is -2.51. The average molecular weight is 572 g/mol. The number of nitrogens with one attached hydrogen (secondary N) is 1. The van der Waals surface area contributed by atoms with Crippen molar-refractivity contribution in [3.8, 4) is 0 Å². The van der Waals surface area contributed by atoms with Gasteiger partial charge in [-0.2, -0.15) is 0 Å². The third-order valence-electron chi connectivity index (χ3n) is 11.0. The summed E-state index contributed by atoms with van der Waals surface area (Å²) in [5.41, 5.74) is -7.61. The third kappa shape index (κ3) is 3.08. The molecular formula is C30H37NO10. The Hall–Kier alpha value is -2.83. The minimum Gasteiger partial charge on any atom is -0.454 e. The molecule has 41 heavy (non-hydrogen) atoms. The largest absolute Gasteiger partial charge is 0.454 e. The van der Waals surface area contributed by atoms with E-state index >= 15 is 0 Å². The molecule has 11 atom stereocenters. The fourth-order valence-corrected chi connectivity index (χ4v) is 8.96. The highest BCUT2D eigenvalue weighted by Gasteiger charge is 2.93. The lowest BCUT2D eigenvalue weighted by molar-refractivity contribution is -0.239. The van der Waals surface area contributed by atoms with Gasteiger partial charge >= 0.3 is 11.9 Å². The highest BCUT2D eigenvalue weighted by molar-refractivity contribution is 6.05. The first kappa shape index (κ1) is 28.3. The van der Waals surface area contributed by atoms with E-state index in [2.05, 4.69) is 5.32 Å². The number of benzene rings is 1. The summed E-state index contributed by atoms with van der Waals surface area (Å²) in [6.45, 7) is 7.31. The van der Waals surface area contributed by atoms with Crippen LogP contribution >= 0.6 is 0 Å². The lowest BCUT2D eigenvalue weighted by Crippen LogP contribution is -2.69. The minimum absolute atomic E-state index is 0.145. The molecule has 222 valence electrons. The molecule has 1 aromatic rings. The first-order valence-corrected chi connectivity index (χ1v) is 13.9. The monoisotopic (exact) mass is 571 g/mol. The Labute approximate surface area is 237 Å². The standard InChI is InChI=1S/C30H37NO10/c1-13-11-18-28(37)14(2)22(39-24(35)16-9-7-8-10-17(16)31-6)30(40-15(3)33)20(26(30,4)5)19(28)23-27(12-32,41-23)25(36)29(18,38)21(13)34/h7-11,14,18-20,22-23,25,31-32,36-38H,12H2,1-6H3/t14-,18+,19-,20+,22?,23?,25?,27?,28?,29?,30?/m1/s1. The number of carbonyl (C=O) groups is 3. The van der Waals surface area contributed by atoms with Crippen LogP contribution in [0.3, 0.4) is 0 Å². The van der Waals surface area contributed by atoms with Crippen molar-refractivity contribution < 1.29 is 49.0 Å². The van der Waals surface area contributed by atoms with Gasteiger partial charge in [-0.25, -0.2) is 4.79 Å². The Kier molecular flexibility index (Phi) is 5.78. The van der Waals surface area contributed by atoms with Crippen molar-refractivity contribution in [1.29, 1.82) is 0 Å². The van der Waals surface area contributed by atoms with Crippen LogP contribution in [0, 0.1) is 29.1 Å². The van der Waals surface area contributed by atoms with Gasteiger partial charge in [0.05, 0.1) is 23.9 Å². The number of hydrogen-bond donors (Lipinski definition) is 5. The normalized spacial score (nSPS) is 46.5. The number of rotatable bonds is 5. The zero-order valence-corrected chi connectivity index (χ0v) is 23.9. The molecule has 1 saturated heterocycles. The van der Waals surface area contributed by atoms with Crippen LogP contribution in [0.2, 0.25) is 0 Å². The summed E-state index contributed by atoms with van der Waals surface area (Å²) in [5.74, 6) is -6.06. The topological polar surface area (TPSA) is 175 Å². The molecule has 0 spiro atoms. The Morgan fingerprint density at radius 2 is 1.83 bits per heavy atom. The van der Waals surface area contributed by atoms with Gasteiger partial charge in [0.1, 0.15) is 17.8 Å². The fraction of sp³-hybridized carbons (Fsp3) is 0.633. The Morgan fingerprint density at radius 1 is 1.17 bits per heavy atom. The van der Waals surface area contributed by atoms with Crippen molar-refractivity contribution in [1.82, 2.24) is 0 Å². The number of ether oxygens (including phenoxy) is 3. The van der Waals surface area contributed by atoms with Crippen LogP contribution in [0.1, 0.15) is 45.0 Å². The second-order valence-corrected chi connectivity index (χ2v) is 12.9. The van der Waals surface area contributed by atoms with Gasteiger partial charge in [0.15, 0.2) is 17.0 Å². The average Bonchev–Trinajstić information content (AvgIpc) is 3.75. The van der Waals surface area contributed by atoms with Crippen molar-refractivity contribution in [2.24, 2.45) is 29.1 Å². The summed E-state index contributed by atoms with van der Waals surface area (Å²) in [5, 5.41) is 49.7. The zero-order chi connectivity index (χ0) is 30.1. The van der Waals surface area contributed by atoms with Crippen molar-refractivity contribution >= 4 is 23.4 Å². The number of epoxide rings is 1. The summed E-state index contributed by atoms with van der Waals surface area (Å²) in [6, 6.07) is 6.73. The van der Waals surface area contributed by atoms with E-state index in [1.54, 1.807) is 38.2 Å². The number of carbonyl (C=O) groups excluding carboxylic acids is 3. The van der Waals surface area contributed by atoms with Crippen molar-refractivity contribution in [2.45, 2.75) is 75.3 Å². The number of para-hydroxylation sites is 1. The maximum absolute atomic E-state index is 13.7. The maximum Gasteiger partial charge on any atom is 0.340 e. The Bertz CT molecular complexity index is 1390. The van der Waals surface area contributed by atoms with Gasteiger partial charge in [0.2, 0.25) is 0 Å². The van der Waals surface area contributed by atoms with Crippen LogP contribution in [0.15, 0.2) is 35.9 Å². The molecule has 11 heteroatoms. The lowest BCUT2D eigenvalue weighted by atomic mass is 9.58. The first-order chi connectivity index (χ1) is 19.1. The van der Waals surface area contributed by atoms with E-state index in [1.807, 2.05) is 13.8 Å². The molecule has 1 aliphatic heterocycles. The zero-order valence-electron chi connectivity index (χ0n) is 23.9. The van der Waals surface area contributed by atoms with Crippen LogP contribution in [0.5, 0.6) is 0 Å². The van der Waals surface area contributed by atoms with Crippen LogP contribution < -0.4 is 5.32 Å². The number of aliphatic hydroxyl groups is 4. The maximum atomic E-state index is 13.7. The van der Waals surface area contributed by atoms with Gasteiger partial charge in [-0.1, -0.05) is 39.0 Å². The molecule has 0 aromatic heterocycles. The molecule has 1 heterocycles. The number of anilines is 1. The number of hydrogen-bond acceptors (Lipinski definition) is 11. The molecule has 1 aromatic carbocycles. The molecule has 4 fully saturated rings. The van der Waals surface area contributed by atoms with E-state index < -0.39 is 94.1 Å². The summed E-state index contributed by atoms with van der Waals surface area (Å²) in [6.07, 6.45) is -2.59. The van der Waals surface area contributed by atoms with Crippen LogP contribution in [-0.2, 0) is 23.8 Å². The summed E-state index contributed by atoms with van der Waals surface area (Å²) in [7, 11) is 1.66. The molecule has 0 bridgehead atoms. The van der Waals surface area contributed by atoms with Gasteiger partial charge in [-0.05, 0) is 24.6 Å². The molecule has 3 saturated carbocycles. The van der Waals surface area contributed by atoms with E-state index in [1.165, 1.54) is 19.9 Å². The fourth-order valence-electron chi connectivity index (χ4n) is 8.96. The predicted octanol–water partition coefficient (Wildman–Crippen LogP) is 0.589. The van der Waals surface area contributed by atoms with E-state index in [4.69, 9.17) is 14.2 Å². The van der Waals surface area contributed by atoms with Gasteiger partial charge in [0.25, 0.3) is 0 Å². The lowest BCUT2D eigenvalue weighted by Gasteiger charge is -2.53. The molecular weight excluding hydrogens is 534 g/mol.